The minimum atomic E-state index is -0.142. The number of fused-ring (bicyclic) bond motifs is 5. The van der Waals surface area contributed by atoms with Crippen LogP contribution < -0.4 is 10.9 Å². The molecule has 0 bridgehead atoms. The van der Waals surface area contributed by atoms with Crippen molar-refractivity contribution in [1.82, 2.24) is 19.2 Å². The average Bonchev–Trinajstić information content (AvgIpc) is 3.55. The van der Waals surface area contributed by atoms with E-state index >= 15 is 0 Å². The first kappa shape index (κ1) is 27.2. The summed E-state index contributed by atoms with van der Waals surface area (Å²) in [5, 5.41) is 13.1. The van der Waals surface area contributed by atoms with Crippen molar-refractivity contribution in [2.45, 2.75) is 51.1 Å². The van der Waals surface area contributed by atoms with Crippen molar-refractivity contribution in [3.63, 3.8) is 0 Å². The number of anilines is 1. The van der Waals surface area contributed by atoms with Gasteiger partial charge in [0, 0.05) is 28.0 Å². The predicted octanol–water partition coefficient (Wildman–Crippen LogP) is 5.94. The second-order valence-corrected chi connectivity index (χ2v) is 13.1. The number of rotatable bonds is 8. The zero-order valence-corrected chi connectivity index (χ0v) is 25.3. The summed E-state index contributed by atoms with van der Waals surface area (Å²) in [4.78, 5) is 28.7. The van der Waals surface area contributed by atoms with Gasteiger partial charge in [-0.05, 0) is 47.7 Å². The van der Waals surface area contributed by atoms with Crippen LogP contribution in [0.4, 0.5) is 5.69 Å². The molecular formula is C29H28BrN5O3S2. The highest BCUT2D eigenvalue weighted by Crippen LogP contribution is 2.37. The van der Waals surface area contributed by atoms with Crippen molar-refractivity contribution in [3.05, 3.63) is 85.4 Å². The van der Waals surface area contributed by atoms with Crippen LogP contribution in [0, 0.1) is 5.92 Å². The van der Waals surface area contributed by atoms with Crippen molar-refractivity contribution in [2.24, 2.45) is 5.92 Å². The predicted molar refractivity (Wildman–Crippen MR) is 163 cm³/mol. The van der Waals surface area contributed by atoms with Crippen molar-refractivity contribution < 1.29 is 9.53 Å². The number of hydrogen-bond acceptors (Lipinski definition) is 7. The third-order valence-corrected chi connectivity index (χ3v) is 9.74. The summed E-state index contributed by atoms with van der Waals surface area (Å²) in [5.41, 5.74) is 2.90. The van der Waals surface area contributed by atoms with E-state index in [4.69, 9.17) is 4.74 Å². The molecule has 1 aliphatic rings. The Morgan fingerprint density at radius 2 is 1.95 bits per heavy atom. The summed E-state index contributed by atoms with van der Waals surface area (Å²) in [6.07, 6.45) is 1.46. The lowest BCUT2D eigenvalue weighted by molar-refractivity contribution is -0.113. The molecule has 11 heteroatoms. The van der Waals surface area contributed by atoms with Gasteiger partial charge in [0.1, 0.15) is 4.83 Å². The van der Waals surface area contributed by atoms with Gasteiger partial charge in [-0.2, -0.15) is 0 Å². The van der Waals surface area contributed by atoms with Gasteiger partial charge in [-0.1, -0.05) is 71.9 Å². The molecule has 0 aliphatic carbocycles. The number of carbonyl (C=O) groups excluding carboxylic acids is 1. The molecule has 5 aromatic rings. The van der Waals surface area contributed by atoms with Crippen LogP contribution in [0.5, 0.6) is 0 Å². The molecule has 8 nitrogen and oxygen atoms in total. The first-order chi connectivity index (χ1) is 19.4. The van der Waals surface area contributed by atoms with Gasteiger partial charge in [0.2, 0.25) is 11.7 Å². The third kappa shape index (κ3) is 5.35. The van der Waals surface area contributed by atoms with E-state index in [1.165, 1.54) is 11.8 Å². The van der Waals surface area contributed by atoms with Crippen LogP contribution in [0.3, 0.4) is 0 Å². The molecule has 6 rings (SSSR count). The number of aryl methyl sites for hydroxylation is 2. The quantitative estimate of drug-likeness (QED) is 0.212. The summed E-state index contributed by atoms with van der Waals surface area (Å²) in [6, 6.07) is 17.6. The molecule has 3 aromatic heterocycles. The fourth-order valence-electron chi connectivity index (χ4n) is 4.96. The van der Waals surface area contributed by atoms with E-state index in [0.717, 1.165) is 36.4 Å². The summed E-state index contributed by atoms with van der Waals surface area (Å²) in [7, 11) is 0. The lowest BCUT2D eigenvalue weighted by Gasteiger charge is -2.26. The Bertz CT molecular complexity index is 1750. The number of benzene rings is 2. The molecule has 0 fully saturated rings. The van der Waals surface area contributed by atoms with Crippen molar-refractivity contribution in [2.75, 3.05) is 11.1 Å². The summed E-state index contributed by atoms with van der Waals surface area (Å²) in [5.74, 6) is 0.850. The van der Waals surface area contributed by atoms with Crippen molar-refractivity contribution >= 4 is 66.6 Å². The van der Waals surface area contributed by atoms with Crippen LogP contribution in [0.15, 0.2) is 69.0 Å². The molecule has 1 N–H and O–H groups in total. The molecule has 0 unspecified atom stereocenters. The molecule has 1 amide bonds. The number of amides is 1. The Hall–Kier alpha value is -2.99. The van der Waals surface area contributed by atoms with Crippen LogP contribution in [-0.2, 0) is 35.5 Å². The zero-order chi connectivity index (χ0) is 27.8. The maximum Gasteiger partial charge on any atom is 0.263 e. The average molecular weight is 639 g/mol. The van der Waals surface area contributed by atoms with Crippen LogP contribution in [0.2, 0.25) is 0 Å². The Morgan fingerprint density at radius 1 is 1.18 bits per heavy atom. The number of nitrogens with one attached hydrogen (secondary N) is 1. The smallest absolute Gasteiger partial charge is 0.263 e. The summed E-state index contributed by atoms with van der Waals surface area (Å²) >= 11 is 6.29. The highest BCUT2D eigenvalue weighted by Gasteiger charge is 2.30. The number of ether oxygens (including phenoxy) is 1. The molecule has 1 atom stereocenters. The van der Waals surface area contributed by atoms with E-state index in [9.17, 15) is 9.59 Å². The minimum absolute atomic E-state index is 0.0442. The highest BCUT2D eigenvalue weighted by atomic mass is 79.9. The SMILES string of the molecule is CC(C)[C@@H]1Cc2c(sc3c2c(=O)n(CCc2ccccc2)c2nnc(SCC(=O)Nc4ccc(Br)cc4)n32)CO1. The maximum atomic E-state index is 14.0. The molecule has 0 saturated heterocycles. The molecule has 206 valence electrons. The minimum Gasteiger partial charge on any atom is -0.372 e. The largest absolute Gasteiger partial charge is 0.372 e. The van der Waals surface area contributed by atoms with E-state index in [1.54, 1.807) is 15.9 Å². The van der Waals surface area contributed by atoms with Gasteiger partial charge in [0.15, 0.2) is 5.16 Å². The van der Waals surface area contributed by atoms with Gasteiger partial charge < -0.3 is 10.1 Å². The third-order valence-electron chi connectivity index (χ3n) is 7.10. The Morgan fingerprint density at radius 3 is 2.70 bits per heavy atom. The standard InChI is InChI=1S/C29H28BrN5O3S2/c1-17(2)22-14-21-23(15-38-22)40-27-25(21)26(37)34(13-12-18-6-4-3-5-7-18)28-32-33-29(35(27)28)39-16-24(36)31-20-10-8-19(30)9-11-20/h3-11,17,22H,12-16H2,1-2H3,(H,31,36)/t22-/m0/s1. The number of halogens is 1. The first-order valence-electron chi connectivity index (χ1n) is 13.1. The van der Waals surface area contributed by atoms with E-state index in [-0.39, 0.29) is 23.3 Å². The van der Waals surface area contributed by atoms with Gasteiger partial charge >= 0.3 is 0 Å². The maximum absolute atomic E-state index is 14.0. The number of aromatic nitrogens is 4. The summed E-state index contributed by atoms with van der Waals surface area (Å²) < 4.78 is 10.8. The number of carbonyl (C=O) groups is 1. The van der Waals surface area contributed by atoms with Crippen LogP contribution in [0.25, 0.3) is 16.0 Å². The van der Waals surface area contributed by atoms with E-state index in [2.05, 4.69) is 57.4 Å². The van der Waals surface area contributed by atoms with Crippen molar-refractivity contribution in [1.29, 1.82) is 0 Å². The Labute approximate surface area is 247 Å². The lowest BCUT2D eigenvalue weighted by Crippen LogP contribution is -2.29. The molecule has 2 aromatic carbocycles. The lowest BCUT2D eigenvalue weighted by atomic mass is 9.96. The summed E-state index contributed by atoms with van der Waals surface area (Å²) in [6.45, 7) is 5.26. The number of nitrogens with zero attached hydrogens (tertiary/aromatic N) is 4. The number of thiophene rings is 1. The normalized spacial score (nSPS) is 15.2. The zero-order valence-electron chi connectivity index (χ0n) is 22.1. The molecule has 0 spiro atoms. The fraction of sp³-hybridized carbons (Fsp3) is 0.310. The van der Waals surface area contributed by atoms with Crippen molar-refractivity contribution in [3.8, 4) is 0 Å². The van der Waals surface area contributed by atoms with Gasteiger partial charge in [0.25, 0.3) is 5.56 Å². The van der Waals surface area contributed by atoms with Crippen LogP contribution in [0.1, 0.15) is 29.9 Å². The Kier molecular flexibility index (Phi) is 7.80. The van der Waals surface area contributed by atoms with Gasteiger partial charge in [-0.3, -0.25) is 14.2 Å². The van der Waals surface area contributed by atoms with Crippen LogP contribution >= 0.6 is 39.0 Å². The molecule has 4 heterocycles. The van der Waals surface area contributed by atoms with Crippen LogP contribution in [-0.4, -0.2) is 36.9 Å². The monoisotopic (exact) mass is 637 g/mol. The fourth-order valence-corrected chi connectivity index (χ4v) is 7.26. The highest BCUT2D eigenvalue weighted by molar-refractivity contribution is 9.10. The molecular weight excluding hydrogens is 610 g/mol. The molecule has 0 radical (unpaired) electrons. The van der Waals surface area contributed by atoms with E-state index in [1.807, 2.05) is 46.9 Å². The molecule has 40 heavy (non-hydrogen) atoms. The topological polar surface area (TPSA) is 90.5 Å². The van der Waals surface area contributed by atoms with Gasteiger partial charge in [0.05, 0.1) is 23.8 Å². The Balaban J connectivity index is 1.38. The number of thioether (sulfide) groups is 1. The molecule has 0 saturated carbocycles. The van der Waals surface area contributed by atoms with Gasteiger partial charge in [-0.15, -0.1) is 21.5 Å². The van der Waals surface area contributed by atoms with Gasteiger partial charge in [-0.25, -0.2) is 4.40 Å². The molecule has 1 aliphatic heterocycles. The second kappa shape index (κ2) is 11.5. The second-order valence-electron chi connectivity index (χ2n) is 10.1. The van der Waals surface area contributed by atoms with E-state index in [0.29, 0.717) is 42.8 Å². The first-order valence-corrected chi connectivity index (χ1v) is 15.7. The van der Waals surface area contributed by atoms with E-state index < -0.39 is 0 Å². The number of hydrogen-bond donors (Lipinski definition) is 1.